The number of carbonyl (C=O) groups excluding carboxylic acids is 2. The molecule has 25 heavy (non-hydrogen) atoms. The smallest absolute Gasteiger partial charge is 0.306 e. The molecule has 6 nitrogen and oxygen atoms in total. The van der Waals surface area contributed by atoms with Gasteiger partial charge in [0.05, 0.1) is 36.2 Å². The van der Waals surface area contributed by atoms with Crippen LogP contribution in [0.5, 0.6) is 0 Å². The normalized spacial score (nSPS) is 12.4. The van der Waals surface area contributed by atoms with Gasteiger partial charge in [0.2, 0.25) is 0 Å². The van der Waals surface area contributed by atoms with Crippen LogP contribution in [0.4, 0.5) is 0 Å². The lowest BCUT2D eigenvalue weighted by Gasteiger charge is -2.13. The van der Waals surface area contributed by atoms with Gasteiger partial charge in [0, 0.05) is 0 Å². The van der Waals surface area contributed by atoms with Crippen molar-refractivity contribution in [2.24, 2.45) is 0 Å². The van der Waals surface area contributed by atoms with Crippen LogP contribution in [0.2, 0.25) is 0 Å². The summed E-state index contributed by atoms with van der Waals surface area (Å²) in [5.41, 5.74) is 1.00. The Morgan fingerprint density at radius 1 is 1.08 bits per heavy atom. The average Bonchev–Trinajstić information content (AvgIpc) is 2.53. The molecule has 0 aromatic heterocycles. The molecule has 140 valence electrons. The Balaban J connectivity index is 2.34. The molecule has 0 aliphatic carbocycles. The molecule has 1 rings (SSSR count). The van der Waals surface area contributed by atoms with Crippen LogP contribution in [0.1, 0.15) is 45.1 Å². The molecule has 1 atom stereocenters. The van der Waals surface area contributed by atoms with Gasteiger partial charge in [-0.2, -0.15) is 0 Å². The summed E-state index contributed by atoms with van der Waals surface area (Å²) in [4.78, 5) is 23.1. The molecular formula is C18H26O6S. The van der Waals surface area contributed by atoms with Crippen molar-refractivity contribution in [3.63, 3.8) is 0 Å². The Labute approximate surface area is 149 Å². The number of carbonyl (C=O) groups is 2. The first-order valence-corrected chi connectivity index (χ1v) is 10.0. The molecule has 0 aliphatic heterocycles. The van der Waals surface area contributed by atoms with Crippen LogP contribution in [0.15, 0.2) is 29.2 Å². The largest absolute Gasteiger partial charge is 0.466 e. The number of esters is 2. The van der Waals surface area contributed by atoms with Crippen LogP contribution in [0.25, 0.3) is 0 Å². The summed E-state index contributed by atoms with van der Waals surface area (Å²) >= 11 is 0. The standard InChI is InChI=1S/C18H26O6S/c1-4-23-17(19)11-12-18(20)24-15(3)6-5-13-25(21,22)16-9-7-14(2)8-10-16/h7-10,15H,4-6,11-13H2,1-3H3/t15-/m0/s1. The highest BCUT2D eigenvalue weighted by Gasteiger charge is 2.16. The molecule has 0 N–H and O–H groups in total. The predicted octanol–water partition coefficient (Wildman–Crippen LogP) is 2.82. The molecule has 1 aromatic rings. The summed E-state index contributed by atoms with van der Waals surface area (Å²) in [6, 6.07) is 6.73. The molecule has 0 unspecified atom stereocenters. The fourth-order valence-electron chi connectivity index (χ4n) is 2.20. The van der Waals surface area contributed by atoms with Gasteiger partial charge >= 0.3 is 11.9 Å². The van der Waals surface area contributed by atoms with E-state index in [0.29, 0.717) is 17.7 Å². The van der Waals surface area contributed by atoms with Crippen molar-refractivity contribution in [1.82, 2.24) is 0 Å². The van der Waals surface area contributed by atoms with E-state index in [2.05, 4.69) is 0 Å². The Bertz CT molecular complexity index is 663. The monoisotopic (exact) mass is 370 g/mol. The first kappa shape index (κ1) is 21.2. The Morgan fingerprint density at radius 3 is 2.28 bits per heavy atom. The molecule has 0 aliphatic rings. The van der Waals surface area contributed by atoms with Crippen LogP contribution in [-0.2, 0) is 28.9 Å². The number of ether oxygens (including phenoxy) is 2. The molecule has 0 spiro atoms. The van der Waals surface area contributed by atoms with Crippen LogP contribution < -0.4 is 0 Å². The molecular weight excluding hydrogens is 344 g/mol. The highest BCUT2D eigenvalue weighted by atomic mass is 32.2. The minimum absolute atomic E-state index is 0.000771. The van der Waals surface area contributed by atoms with E-state index in [0.717, 1.165) is 5.56 Å². The molecule has 1 aromatic carbocycles. The quantitative estimate of drug-likeness (QED) is 0.589. The summed E-state index contributed by atoms with van der Waals surface area (Å²) in [5.74, 6) is -0.918. The van der Waals surface area contributed by atoms with Gasteiger partial charge in [-0.25, -0.2) is 8.42 Å². The van der Waals surface area contributed by atoms with Crippen molar-refractivity contribution in [1.29, 1.82) is 0 Å². The molecule has 0 fully saturated rings. The summed E-state index contributed by atoms with van der Waals surface area (Å²) in [6.07, 6.45) is 0.382. The van der Waals surface area contributed by atoms with Crippen molar-refractivity contribution < 1.29 is 27.5 Å². The lowest BCUT2D eigenvalue weighted by molar-refractivity contribution is -0.153. The number of aryl methyl sites for hydroxylation is 1. The SMILES string of the molecule is CCOC(=O)CCC(=O)O[C@@H](C)CCCS(=O)(=O)c1ccc(C)cc1. The van der Waals surface area contributed by atoms with E-state index in [1.807, 2.05) is 6.92 Å². The van der Waals surface area contributed by atoms with E-state index in [1.165, 1.54) is 0 Å². The van der Waals surface area contributed by atoms with Gasteiger partial charge in [-0.1, -0.05) is 17.7 Å². The topological polar surface area (TPSA) is 86.7 Å². The first-order valence-electron chi connectivity index (χ1n) is 8.39. The molecule has 0 heterocycles. The number of hydrogen-bond donors (Lipinski definition) is 0. The lowest BCUT2D eigenvalue weighted by Crippen LogP contribution is -2.17. The van der Waals surface area contributed by atoms with E-state index >= 15 is 0 Å². The number of hydrogen-bond acceptors (Lipinski definition) is 6. The van der Waals surface area contributed by atoms with Gasteiger partial charge in [0.1, 0.15) is 0 Å². The van der Waals surface area contributed by atoms with Gasteiger partial charge in [0.15, 0.2) is 9.84 Å². The third-order valence-corrected chi connectivity index (χ3v) is 5.39. The third kappa shape index (κ3) is 8.16. The maximum Gasteiger partial charge on any atom is 0.306 e. The second kappa shape index (κ2) is 10.2. The van der Waals surface area contributed by atoms with Gasteiger partial charge in [0.25, 0.3) is 0 Å². The van der Waals surface area contributed by atoms with Crippen LogP contribution in [-0.4, -0.2) is 38.8 Å². The third-order valence-electron chi connectivity index (χ3n) is 3.58. The van der Waals surface area contributed by atoms with Gasteiger partial charge in [-0.05, 0) is 45.7 Å². The van der Waals surface area contributed by atoms with E-state index < -0.39 is 27.9 Å². The fourth-order valence-corrected chi connectivity index (χ4v) is 3.54. The van der Waals surface area contributed by atoms with E-state index in [4.69, 9.17) is 9.47 Å². The molecule has 0 saturated carbocycles. The van der Waals surface area contributed by atoms with Crippen molar-refractivity contribution in [3.8, 4) is 0 Å². The van der Waals surface area contributed by atoms with Crippen molar-refractivity contribution in [2.75, 3.05) is 12.4 Å². The second-order valence-corrected chi connectivity index (χ2v) is 7.99. The van der Waals surface area contributed by atoms with Gasteiger partial charge in [-0.15, -0.1) is 0 Å². The second-order valence-electron chi connectivity index (χ2n) is 5.88. The zero-order valence-corrected chi connectivity index (χ0v) is 15.8. The van der Waals surface area contributed by atoms with Gasteiger partial charge < -0.3 is 9.47 Å². The highest BCUT2D eigenvalue weighted by Crippen LogP contribution is 2.15. The number of benzene rings is 1. The van der Waals surface area contributed by atoms with Crippen molar-refractivity contribution in [3.05, 3.63) is 29.8 Å². The molecule has 0 radical (unpaired) electrons. The van der Waals surface area contributed by atoms with E-state index in [-0.39, 0.29) is 25.2 Å². The van der Waals surface area contributed by atoms with Gasteiger partial charge in [-0.3, -0.25) is 9.59 Å². The summed E-state index contributed by atoms with van der Waals surface area (Å²) in [6.45, 7) is 5.58. The minimum Gasteiger partial charge on any atom is -0.466 e. The van der Waals surface area contributed by atoms with E-state index in [1.54, 1.807) is 38.1 Å². The predicted molar refractivity (Wildman–Crippen MR) is 93.9 cm³/mol. The summed E-state index contributed by atoms with van der Waals surface area (Å²) < 4.78 is 34.4. The van der Waals surface area contributed by atoms with Crippen LogP contribution >= 0.6 is 0 Å². The fraction of sp³-hybridized carbons (Fsp3) is 0.556. The molecule has 0 bridgehead atoms. The number of sulfone groups is 1. The summed E-state index contributed by atoms with van der Waals surface area (Å²) in [7, 11) is -3.33. The van der Waals surface area contributed by atoms with E-state index in [9.17, 15) is 18.0 Å². The highest BCUT2D eigenvalue weighted by molar-refractivity contribution is 7.91. The number of rotatable bonds is 10. The van der Waals surface area contributed by atoms with Crippen molar-refractivity contribution in [2.45, 2.75) is 57.5 Å². The average molecular weight is 370 g/mol. The zero-order chi connectivity index (χ0) is 18.9. The zero-order valence-electron chi connectivity index (χ0n) is 15.0. The Morgan fingerprint density at radius 2 is 1.68 bits per heavy atom. The summed E-state index contributed by atoms with van der Waals surface area (Å²) in [5, 5.41) is 0. The molecule has 0 saturated heterocycles. The lowest BCUT2D eigenvalue weighted by atomic mass is 10.2. The maximum atomic E-state index is 12.2. The molecule has 0 amide bonds. The maximum absolute atomic E-state index is 12.2. The first-order chi connectivity index (χ1) is 11.7. The van der Waals surface area contributed by atoms with Crippen molar-refractivity contribution >= 4 is 21.8 Å². The Hall–Kier alpha value is -1.89. The van der Waals surface area contributed by atoms with Crippen LogP contribution in [0.3, 0.4) is 0 Å². The minimum atomic E-state index is -3.33. The molecule has 7 heteroatoms. The van der Waals surface area contributed by atoms with Crippen LogP contribution in [0, 0.1) is 6.92 Å². The Kier molecular flexibility index (Phi) is 8.61.